The van der Waals surface area contributed by atoms with Crippen LogP contribution in [0.1, 0.15) is 36.2 Å². The monoisotopic (exact) mass is 294 g/mol. The average molecular weight is 294 g/mol. The van der Waals surface area contributed by atoms with Crippen LogP contribution in [-0.2, 0) is 11.3 Å². The number of carbonyl (C=O) groups excluding carboxylic acids is 1. The van der Waals surface area contributed by atoms with Gasteiger partial charge in [-0.2, -0.15) is 0 Å². The SMILES string of the molecule is NCCn1cnc(C(=O)NCC2CCC(C(=O)O)CC2)c1. The van der Waals surface area contributed by atoms with E-state index >= 15 is 0 Å². The van der Waals surface area contributed by atoms with Crippen molar-refractivity contribution in [2.45, 2.75) is 32.2 Å². The summed E-state index contributed by atoms with van der Waals surface area (Å²) in [6, 6.07) is 0. The lowest BCUT2D eigenvalue weighted by molar-refractivity contribution is -0.143. The summed E-state index contributed by atoms with van der Waals surface area (Å²) in [6.45, 7) is 1.72. The van der Waals surface area contributed by atoms with E-state index in [9.17, 15) is 9.59 Å². The zero-order valence-corrected chi connectivity index (χ0v) is 12.0. The summed E-state index contributed by atoms with van der Waals surface area (Å²) in [5, 5.41) is 11.8. The third-order valence-electron chi connectivity index (χ3n) is 4.00. The maximum atomic E-state index is 12.0. The fourth-order valence-corrected chi connectivity index (χ4v) is 2.69. The van der Waals surface area contributed by atoms with Gasteiger partial charge < -0.3 is 20.7 Å². The number of amides is 1. The first kappa shape index (κ1) is 15.5. The van der Waals surface area contributed by atoms with Crippen LogP contribution in [0, 0.1) is 11.8 Å². The predicted octanol–water partition coefficient (Wildman–Crippen LogP) is 0.463. The molecule has 4 N–H and O–H groups in total. The van der Waals surface area contributed by atoms with Gasteiger partial charge >= 0.3 is 5.97 Å². The molecule has 2 rings (SSSR count). The molecule has 0 aliphatic heterocycles. The molecule has 1 heterocycles. The first-order valence-electron chi connectivity index (χ1n) is 7.33. The van der Waals surface area contributed by atoms with Crippen LogP contribution in [0.2, 0.25) is 0 Å². The van der Waals surface area contributed by atoms with Gasteiger partial charge in [0.1, 0.15) is 5.69 Å². The van der Waals surface area contributed by atoms with Gasteiger partial charge in [0.25, 0.3) is 5.91 Å². The molecule has 0 aromatic carbocycles. The minimum absolute atomic E-state index is 0.189. The smallest absolute Gasteiger partial charge is 0.306 e. The van der Waals surface area contributed by atoms with Crippen molar-refractivity contribution >= 4 is 11.9 Å². The van der Waals surface area contributed by atoms with Crippen LogP contribution < -0.4 is 11.1 Å². The summed E-state index contributed by atoms with van der Waals surface area (Å²) in [6.07, 6.45) is 6.36. The first-order chi connectivity index (χ1) is 10.1. The molecule has 116 valence electrons. The highest BCUT2D eigenvalue weighted by molar-refractivity contribution is 5.92. The molecule has 7 nitrogen and oxygen atoms in total. The molecule has 1 aromatic heterocycles. The van der Waals surface area contributed by atoms with E-state index in [0.29, 0.717) is 44.1 Å². The molecule has 1 fully saturated rings. The number of imidazole rings is 1. The lowest BCUT2D eigenvalue weighted by Crippen LogP contribution is -2.32. The Balaban J connectivity index is 1.75. The third-order valence-corrected chi connectivity index (χ3v) is 4.00. The highest BCUT2D eigenvalue weighted by Gasteiger charge is 2.26. The van der Waals surface area contributed by atoms with Crippen LogP contribution in [0.25, 0.3) is 0 Å². The van der Waals surface area contributed by atoms with Gasteiger partial charge in [0.15, 0.2) is 0 Å². The van der Waals surface area contributed by atoms with Gasteiger partial charge in [-0.1, -0.05) is 0 Å². The maximum Gasteiger partial charge on any atom is 0.306 e. The molecular weight excluding hydrogens is 272 g/mol. The molecule has 0 atom stereocenters. The quantitative estimate of drug-likeness (QED) is 0.706. The largest absolute Gasteiger partial charge is 0.481 e. The fourth-order valence-electron chi connectivity index (χ4n) is 2.69. The highest BCUT2D eigenvalue weighted by atomic mass is 16.4. The molecule has 1 aliphatic carbocycles. The van der Waals surface area contributed by atoms with Gasteiger partial charge in [0.2, 0.25) is 0 Å². The van der Waals surface area contributed by atoms with E-state index < -0.39 is 5.97 Å². The van der Waals surface area contributed by atoms with Crippen molar-refractivity contribution in [2.75, 3.05) is 13.1 Å². The number of carboxylic acids is 1. The normalized spacial score (nSPS) is 22.0. The van der Waals surface area contributed by atoms with Crippen molar-refractivity contribution < 1.29 is 14.7 Å². The van der Waals surface area contributed by atoms with E-state index in [1.165, 1.54) is 0 Å². The third kappa shape index (κ3) is 4.29. The summed E-state index contributed by atoms with van der Waals surface area (Å²) in [5.41, 5.74) is 5.83. The number of aliphatic carboxylic acids is 1. The molecule has 21 heavy (non-hydrogen) atoms. The number of hydrogen-bond acceptors (Lipinski definition) is 4. The number of nitrogens with one attached hydrogen (secondary N) is 1. The van der Waals surface area contributed by atoms with E-state index in [-0.39, 0.29) is 11.8 Å². The van der Waals surface area contributed by atoms with Crippen LogP contribution in [-0.4, -0.2) is 39.6 Å². The minimum Gasteiger partial charge on any atom is -0.481 e. The van der Waals surface area contributed by atoms with Crippen molar-refractivity contribution in [3.05, 3.63) is 18.2 Å². The fraction of sp³-hybridized carbons (Fsp3) is 0.643. The molecule has 0 bridgehead atoms. The van der Waals surface area contributed by atoms with E-state index in [1.807, 2.05) is 0 Å². The summed E-state index contributed by atoms with van der Waals surface area (Å²) < 4.78 is 1.78. The molecule has 0 unspecified atom stereocenters. The van der Waals surface area contributed by atoms with Crippen molar-refractivity contribution in [3.8, 4) is 0 Å². The van der Waals surface area contributed by atoms with Crippen LogP contribution in [0.3, 0.4) is 0 Å². The molecular formula is C14H22N4O3. The molecule has 0 spiro atoms. The minimum atomic E-state index is -0.706. The number of aromatic nitrogens is 2. The second kappa shape index (κ2) is 7.21. The van der Waals surface area contributed by atoms with Crippen molar-refractivity contribution in [2.24, 2.45) is 17.6 Å². The Morgan fingerprint density at radius 1 is 1.38 bits per heavy atom. The maximum absolute atomic E-state index is 12.0. The van der Waals surface area contributed by atoms with Crippen LogP contribution in [0.15, 0.2) is 12.5 Å². The van der Waals surface area contributed by atoms with Crippen LogP contribution in [0.5, 0.6) is 0 Å². The predicted molar refractivity (Wildman–Crippen MR) is 76.7 cm³/mol. The molecule has 1 saturated carbocycles. The van der Waals surface area contributed by atoms with Gasteiger partial charge in [0, 0.05) is 25.8 Å². The van der Waals surface area contributed by atoms with Gasteiger partial charge in [0.05, 0.1) is 12.2 Å². The lowest BCUT2D eigenvalue weighted by atomic mass is 9.82. The summed E-state index contributed by atoms with van der Waals surface area (Å²) in [4.78, 5) is 26.9. The topological polar surface area (TPSA) is 110 Å². The van der Waals surface area contributed by atoms with Gasteiger partial charge in [-0.05, 0) is 31.6 Å². The van der Waals surface area contributed by atoms with E-state index in [4.69, 9.17) is 10.8 Å². The van der Waals surface area contributed by atoms with E-state index in [2.05, 4.69) is 10.3 Å². The standard InChI is InChI=1S/C14H22N4O3/c15-5-6-18-8-12(17-9-18)13(19)16-7-10-1-3-11(4-2-10)14(20)21/h8-11H,1-7,15H2,(H,16,19)(H,20,21). The number of rotatable bonds is 6. The second-order valence-corrected chi connectivity index (χ2v) is 5.55. The van der Waals surface area contributed by atoms with E-state index in [1.54, 1.807) is 17.1 Å². The Hall–Kier alpha value is -1.89. The Bertz CT molecular complexity index is 492. The summed E-state index contributed by atoms with van der Waals surface area (Å²) in [5.74, 6) is -0.756. The second-order valence-electron chi connectivity index (χ2n) is 5.55. The lowest BCUT2D eigenvalue weighted by Gasteiger charge is -2.25. The molecule has 0 saturated heterocycles. The first-order valence-corrected chi connectivity index (χ1v) is 7.33. The van der Waals surface area contributed by atoms with Crippen molar-refractivity contribution in [1.82, 2.24) is 14.9 Å². The number of hydrogen-bond donors (Lipinski definition) is 3. The Morgan fingerprint density at radius 2 is 2.10 bits per heavy atom. The summed E-state index contributed by atoms with van der Waals surface area (Å²) >= 11 is 0. The van der Waals surface area contributed by atoms with Gasteiger partial charge in [-0.15, -0.1) is 0 Å². The number of carboxylic acid groups (broad SMARTS) is 1. The molecule has 0 radical (unpaired) electrons. The van der Waals surface area contributed by atoms with Crippen molar-refractivity contribution in [3.63, 3.8) is 0 Å². The summed E-state index contributed by atoms with van der Waals surface area (Å²) in [7, 11) is 0. The Morgan fingerprint density at radius 3 is 2.71 bits per heavy atom. The van der Waals surface area contributed by atoms with Crippen LogP contribution in [0.4, 0.5) is 0 Å². The van der Waals surface area contributed by atoms with Crippen molar-refractivity contribution in [1.29, 1.82) is 0 Å². The molecule has 1 aliphatic rings. The number of nitrogens with two attached hydrogens (primary N) is 1. The van der Waals surface area contributed by atoms with Crippen LogP contribution >= 0.6 is 0 Å². The Kier molecular flexibility index (Phi) is 5.32. The molecule has 1 aromatic rings. The zero-order chi connectivity index (χ0) is 15.2. The number of nitrogens with zero attached hydrogens (tertiary/aromatic N) is 2. The molecule has 1 amide bonds. The van der Waals surface area contributed by atoms with E-state index in [0.717, 1.165) is 12.8 Å². The van der Waals surface area contributed by atoms with Gasteiger partial charge in [-0.3, -0.25) is 9.59 Å². The zero-order valence-electron chi connectivity index (χ0n) is 12.0. The van der Waals surface area contributed by atoms with Gasteiger partial charge in [-0.25, -0.2) is 4.98 Å². The molecule has 7 heteroatoms. The number of carbonyl (C=O) groups is 2. The average Bonchev–Trinajstić information content (AvgIpc) is 2.94. The Labute approximate surface area is 123 Å². The highest BCUT2D eigenvalue weighted by Crippen LogP contribution is 2.28.